The molecule has 7 heteroatoms. The lowest BCUT2D eigenvalue weighted by Gasteiger charge is -2.18. The largest absolute Gasteiger partial charge is 0.417 e. The van der Waals surface area contributed by atoms with E-state index in [-0.39, 0.29) is 5.69 Å². The number of aromatic nitrogens is 2. The van der Waals surface area contributed by atoms with Crippen LogP contribution in [0.4, 0.5) is 18.9 Å². The molecule has 4 nitrogen and oxygen atoms in total. The van der Waals surface area contributed by atoms with Gasteiger partial charge in [-0.25, -0.2) is 4.98 Å². The molecule has 0 spiro atoms. The minimum atomic E-state index is -4.49. The van der Waals surface area contributed by atoms with Crippen LogP contribution in [0, 0.1) is 0 Å². The molecule has 25 heavy (non-hydrogen) atoms. The Bertz CT molecular complexity index is 916. The van der Waals surface area contributed by atoms with Gasteiger partial charge in [0.15, 0.2) is 0 Å². The number of aryl methyl sites for hydroxylation is 1. The van der Waals surface area contributed by atoms with Crippen LogP contribution in [0.3, 0.4) is 0 Å². The van der Waals surface area contributed by atoms with E-state index in [4.69, 9.17) is 0 Å². The second kappa shape index (κ2) is 6.23. The van der Waals surface area contributed by atoms with Gasteiger partial charge in [0.25, 0.3) is 5.91 Å². The van der Waals surface area contributed by atoms with Crippen LogP contribution in [-0.4, -0.2) is 22.3 Å². The summed E-state index contributed by atoms with van der Waals surface area (Å²) in [6, 6.07) is 11.2. The zero-order chi connectivity index (χ0) is 18.2. The Morgan fingerprint density at radius 1 is 1.16 bits per heavy atom. The molecule has 1 aromatic carbocycles. The summed E-state index contributed by atoms with van der Waals surface area (Å²) in [5, 5.41) is 0. The SMILES string of the molecule is CCc1nc2ccc(C(F)(F)F)cn2c1C(=O)N(C)c1ccccc1. The predicted molar refractivity (Wildman–Crippen MR) is 88.7 cm³/mol. The van der Waals surface area contributed by atoms with Gasteiger partial charge in [0.1, 0.15) is 11.3 Å². The summed E-state index contributed by atoms with van der Waals surface area (Å²) in [5.74, 6) is -0.408. The smallest absolute Gasteiger partial charge is 0.310 e. The Balaban J connectivity index is 2.14. The van der Waals surface area contributed by atoms with Gasteiger partial charge in [0.05, 0.1) is 11.3 Å². The number of fused-ring (bicyclic) bond motifs is 1. The van der Waals surface area contributed by atoms with Gasteiger partial charge in [-0.3, -0.25) is 9.20 Å². The molecular formula is C18H16F3N3O. The fraction of sp³-hybridized carbons (Fsp3) is 0.222. The third-order valence-electron chi connectivity index (χ3n) is 4.00. The standard InChI is InChI=1S/C18H16F3N3O/c1-3-14-16(17(25)23(2)13-7-5-4-6-8-13)24-11-12(18(19,20)21)9-10-15(24)22-14/h4-11H,3H2,1-2H3. The molecule has 0 fully saturated rings. The van der Waals surface area contributed by atoms with E-state index in [2.05, 4.69) is 4.98 Å². The highest BCUT2D eigenvalue weighted by molar-refractivity contribution is 6.06. The van der Waals surface area contributed by atoms with Crippen LogP contribution in [-0.2, 0) is 12.6 Å². The molecule has 1 amide bonds. The van der Waals surface area contributed by atoms with Crippen molar-refractivity contribution >= 4 is 17.2 Å². The maximum atomic E-state index is 13.0. The monoisotopic (exact) mass is 347 g/mol. The first-order valence-electron chi connectivity index (χ1n) is 7.74. The van der Waals surface area contributed by atoms with E-state index in [1.54, 1.807) is 31.3 Å². The molecule has 0 unspecified atom stereocenters. The molecule has 0 aliphatic carbocycles. The number of amides is 1. The summed E-state index contributed by atoms with van der Waals surface area (Å²) in [5.41, 5.74) is 0.754. The van der Waals surface area contributed by atoms with E-state index in [1.165, 1.54) is 15.4 Å². The number of hydrogen-bond acceptors (Lipinski definition) is 2. The normalized spacial score (nSPS) is 11.7. The van der Waals surface area contributed by atoms with Crippen molar-refractivity contribution in [3.8, 4) is 0 Å². The second-order valence-electron chi connectivity index (χ2n) is 5.60. The molecule has 2 aromatic heterocycles. The van der Waals surface area contributed by atoms with Gasteiger partial charge < -0.3 is 4.90 Å². The molecule has 0 N–H and O–H groups in total. The molecule has 0 saturated carbocycles. The third-order valence-corrected chi connectivity index (χ3v) is 4.00. The molecule has 0 saturated heterocycles. The highest BCUT2D eigenvalue weighted by atomic mass is 19.4. The first-order chi connectivity index (χ1) is 11.8. The summed E-state index contributed by atoms with van der Waals surface area (Å²) in [7, 11) is 1.59. The zero-order valence-electron chi connectivity index (χ0n) is 13.7. The number of imidazole rings is 1. The minimum absolute atomic E-state index is 0.148. The molecule has 130 valence electrons. The summed E-state index contributed by atoms with van der Waals surface area (Å²) in [4.78, 5) is 18.6. The van der Waals surface area contributed by atoms with Crippen molar-refractivity contribution in [1.82, 2.24) is 9.38 Å². The Labute approximate surface area is 142 Å². The molecular weight excluding hydrogens is 331 g/mol. The van der Waals surface area contributed by atoms with Gasteiger partial charge >= 0.3 is 6.18 Å². The average molecular weight is 347 g/mol. The van der Waals surface area contributed by atoms with Crippen LogP contribution in [0.15, 0.2) is 48.7 Å². The van der Waals surface area contributed by atoms with Crippen LogP contribution >= 0.6 is 0 Å². The van der Waals surface area contributed by atoms with Crippen molar-refractivity contribution in [2.24, 2.45) is 0 Å². The van der Waals surface area contributed by atoms with Crippen molar-refractivity contribution in [3.63, 3.8) is 0 Å². The van der Waals surface area contributed by atoms with Crippen molar-refractivity contribution < 1.29 is 18.0 Å². The van der Waals surface area contributed by atoms with Gasteiger partial charge in [0, 0.05) is 18.9 Å². The lowest BCUT2D eigenvalue weighted by molar-refractivity contribution is -0.137. The number of rotatable bonds is 3. The molecule has 0 aliphatic rings. The number of nitrogens with zero attached hydrogens (tertiary/aromatic N) is 3. The fourth-order valence-corrected chi connectivity index (χ4v) is 2.66. The van der Waals surface area contributed by atoms with Crippen molar-refractivity contribution in [3.05, 3.63) is 65.6 Å². The van der Waals surface area contributed by atoms with E-state index in [0.29, 0.717) is 23.4 Å². The molecule has 0 atom stereocenters. The molecule has 3 rings (SSSR count). The molecule has 2 heterocycles. The number of alkyl halides is 3. The lowest BCUT2D eigenvalue weighted by Crippen LogP contribution is -2.28. The topological polar surface area (TPSA) is 37.6 Å². The number of pyridine rings is 1. The minimum Gasteiger partial charge on any atom is -0.310 e. The van der Waals surface area contributed by atoms with Gasteiger partial charge in [-0.05, 0) is 30.7 Å². The maximum Gasteiger partial charge on any atom is 0.417 e. The first kappa shape index (κ1) is 17.0. The van der Waals surface area contributed by atoms with E-state index in [9.17, 15) is 18.0 Å². The number of hydrogen-bond donors (Lipinski definition) is 0. The Kier molecular flexibility index (Phi) is 4.24. The van der Waals surface area contributed by atoms with Crippen molar-refractivity contribution in [1.29, 1.82) is 0 Å². The number of carbonyl (C=O) groups excluding carboxylic acids is 1. The Hall–Kier alpha value is -2.83. The average Bonchev–Trinajstić information content (AvgIpc) is 2.98. The van der Waals surface area contributed by atoms with Gasteiger partial charge in [-0.2, -0.15) is 13.2 Å². The van der Waals surface area contributed by atoms with E-state index < -0.39 is 17.6 Å². The number of para-hydroxylation sites is 1. The van der Waals surface area contributed by atoms with Crippen LogP contribution in [0.5, 0.6) is 0 Å². The first-order valence-corrected chi connectivity index (χ1v) is 7.74. The third kappa shape index (κ3) is 3.09. The molecule has 0 bridgehead atoms. The molecule has 3 aromatic rings. The zero-order valence-corrected chi connectivity index (χ0v) is 13.7. The number of benzene rings is 1. The summed E-state index contributed by atoms with van der Waals surface area (Å²) < 4.78 is 40.3. The highest BCUT2D eigenvalue weighted by Gasteiger charge is 2.32. The molecule has 0 radical (unpaired) electrons. The van der Waals surface area contributed by atoms with Crippen LogP contribution in [0.2, 0.25) is 0 Å². The lowest BCUT2D eigenvalue weighted by atomic mass is 10.2. The van der Waals surface area contributed by atoms with Crippen LogP contribution in [0.25, 0.3) is 5.65 Å². The van der Waals surface area contributed by atoms with Gasteiger partial charge in [0.2, 0.25) is 0 Å². The van der Waals surface area contributed by atoms with E-state index in [0.717, 1.165) is 12.3 Å². The second-order valence-corrected chi connectivity index (χ2v) is 5.60. The van der Waals surface area contributed by atoms with Gasteiger partial charge in [-0.1, -0.05) is 25.1 Å². The summed E-state index contributed by atoms with van der Waals surface area (Å²) >= 11 is 0. The predicted octanol–water partition coefficient (Wildman–Crippen LogP) is 4.19. The Morgan fingerprint density at radius 2 is 1.84 bits per heavy atom. The quantitative estimate of drug-likeness (QED) is 0.712. The number of halogens is 3. The van der Waals surface area contributed by atoms with Crippen LogP contribution < -0.4 is 4.90 Å². The maximum absolute atomic E-state index is 13.0. The molecule has 0 aliphatic heterocycles. The van der Waals surface area contributed by atoms with Crippen molar-refractivity contribution in [2.75, 3.05) is 11.9 Å². The fourth-order valence-electron chi connectivity index (χ4n) is 2.66. The van der Waals surface area contributed by atoms with E-state index in [1.807, 2.05) is 13.0 Å². The van der Waals surface area contributed by atoms with E-state index >= 15 is 0 Å². The van der Waals surface area contributed by atoms with Crippen molar-refractivity contribution in [2.45, 2.75) is 19.5 Å². The van der Waals surface area contributed by atoms with Gasteiger partial charge in [-0.15, -0.1) is 0 Å². The van der Waals surface area contributed by atoms with Crippen LogP contribution in [0.1, 0.15) is 28.7 Å². The number of anilines is 1. The number of carbonyl (C=O) groups is 1. The highest BCUT2D eigenvalue weighted by Crippen LogP contribution is 2.30. The Morgan fingerprint density at radius 3 is 2.44 bits per heavy atom. The summed E-state index contributed by atoms with van der Waals surface area (Å²) in [6.45, 7) is 1.81. The summed E-state index contributed by atoms with van der Waals surface area (Å²) in [6.07, 6.45) is -3.13.